The lowest BCUT2D eigenvalue weighted by molar-refractivity contribution is -0.159. The summed E-state index contributed by atoms with van der Waals surface area (Å²) in [4.78, 5) is 27.9. The van der Waals surface area contributed by atoms with Crippen LogP contribution in [0, 0.1) is 0 Å². The van der Waals surface area contributed by atoms with E-state index < -0.39 is 20.5 Å². The molecule has 2 aromatic carbocycles. The molecule has 2 aromatic rings. The van der Waals surface area contributed by atoms with Crippen molar-refractivity contribution in [3.8, 4) is 0 Å². The molecule has 0 aromatic heterocycles. The number of hydrogen-bond acceptors (Lipinski definition) is 3. The molecular weight excluding hydrogens is 390 g/mol. The summed E-state index contributed by atoms with van der Waals surface area (Å²) in [5, 5.41) is 0. The van der Waals surface area contributed by atoms with Gasteiger partial charge in [0.2, 0.25) is 8.32 Å². The Balaban J connectivity index is 2.00. The number of benzene rings is 2. The molecule has 0 N–H and O–H groups in total. The molecule has 30 heavy (non-hydrogen) atoms. The fourth-order valence-electron chi connectivity index (χ4n) is 5.13. The summed E-state index contributed by atoms with van der Waals surface area (Å²) in [5.41, 5.74) is 2.54. The van der Waals surface area contributed by atoms with Crippen LogP contribution in [0.15, 0.2) is 60.7 Å². The molecule has 2 atom stereocenters. The molecule has 0 radical (unpaired) electrons. The molecule has 1 fully saturated rings. The maximum Gasteiger partial charge on any atom is 0.261 e. The average Bonchev–Trinajstić information content (AvgIpc) is 2.72. The highest BCUT2D eigenvalue weighted by Gasteiger charge is 2.57. The molecule has 0 unspecified atom stereocenters. The number of β-lactam (4-membered cyclic amide) rings is 1. The second kappa shape index (κ2) is 8.86. The molecule has 0 spiro atoms. The Morgan fingerprint density at radius 3 is 1.77 bits per heavy atom. The molecule has 3 rings (SSSR count). The third-order valence-electron chi connectivity index (χ3n) is 6.46. The Morgan fingerprint density at radius 1 is 0.833 bits per heavy atom. The van der Waals surface area contributed by atoms with Crippen LogP contribution in [0.3, 0.4) is 0 Å². The first-order valence-electron chi connectivity index (χ1n) is 10.9. The van der Waals surface area contributed by atoms with Crippen LogP contribution >= 0.6 is 0 Å². The number of amides is 2. The molecule has 0 saturated carbocycles. The lowest BCUT2D eigenvalue weighted by Gasteiger charge is -2.52. The van der Waals surface area contributed by atoms with Crippen molar-refractivity contribution in [2.75, 3.05) is 0 Å². The lowest BCUT2D eigenvalue weighted by atomic mass is 9.90. The molecule has 160 valence electrons. The zero-order valence-corrected chi connectivity index (χ0v) is 19.8. The van der Waals surface area contributed by atoms with Crippen molar-refractivity contribution in [2.45, 2.75) is 70.3 Å². The Hall–Kier alpha value is -2.24. The Bertz CT molecular complexity index is 858. The van der Waals surface area contributed by atoms with Gasteiger partial charge in [0.15, 0.2) is 6.10 Å². The van der Waals surface area contributed by atoms with E-state index in [1.807, 2.05) is 48.5 Å². The molecule has 1 saturated heterocycles. The van der Waals surface area contributed by atoms with Gasteiger partial charge in [0.1, 0.15) is 0 Å². The number of nitrogens with zero attached hydrogens (tertiary/aromatic N) is 1. The topological polar surface area (TPSA) is 46.6 Å². The van der Waals surface area contributed by atoms with Gasteiger partial charge in [0, 0.05) is 5.56 Å². The van der Waals surface area contributed by atoms with E-state index in [-0.39, 0.29) is 11.8 Å². The van der Waals surface area contributed by atoms with Crippen LogP contribution in [0.4, 0.5) is 0 Å². The summed E-state index contributed by atoms with van der Waals surface area (Å²) >= 11 is 0. The minimum absolute atomic E-state index is 0.225. The summed E-state index contributed by atoms with van der Waals surface area (Å²) < 4.78 is 6.85. The Labute approximate surface area is 181 Å². The monoisotopic (exact) mass is 423 g/mol. The molecular formula is C25H33NO3Si. The van der Waals surface area contributed by atoms with Gasteiger partial charge >= 0.3 is 0 Å². The first-order valence-corrected chi connectivity index (χ1v) is 13.0. The van der Waals surface area contributed by atoms with E-state index in [4.69, 9.17) is 4.43 Å². The van der Waals surface area contributed by atoms with Gasteiger partial charge in [-0.1, -0.05) is 90.1 Å². The number of likely N-dealkylation sites (tertiary alicyclic amines) is 1. The van der Waals surface area contributed by atoms with Gasteiger partial charge in [0.05, 0.1) is 6.04 Å². The number of carbonyl (C=O) groups is 2. The minimum atomic E-state index is -2.28. The standard InChI is InChI=1S/C25H33NO3Si/c1-17(2)30(18(3)4,19(5)6)29-23-22(20-13-9-7-10-14-20)26(25(23)28)24(27)21-15-11-8-12-16-21/h7-19,22-23H,1-6H3/t22-,23-/m0/s1. The van der Waals surface area contributed by atoms with E-state index in [1.54, 1.807) is 12.1 Å². The van der Waals surface area contributed by atoms with Crippen molar-refractivity contribution < 1.29 is 14.0 Å². The number of rotatable bonds is 7. The largest absolute Gasteiger partial charge is 0.402 e. The van der Waals surface area contributed by atoms with E-state index in [2.05, 4.69) is 41.5 Å². The van der Waals surface area contributed by atoms with Crippen LogP contribution < -0.4 is 0 Å². The predicted molar refractivity (Wildman–Crippen MR) is 123 cm³/mol. The van der Waals surface area contributed by atoms with Crippen molar-refractivity contribution in [3.63, 3.8) is 0 Å². The molecule has 1 heterocycles. The minimum Gasteiger partial charge on any atom is -0.402 e. The van der Waals surface area contributed by atoms with E-state index >= 15 is 0 Å². The van der Waals surface area contributed by atoms with Crippen molar-refractivity contribution >= 4 is 20.1 Å². The normalized spacial score (nSPS) is 19.5. The van der Waals surface area contributed by atoms with Gasteiger partial charge in [0.25, 0.3) is 11.8 Å². The van der Waals surface area contributed by atoms with Crippen LogP contribution in [0.2, 0.25) is 16.6 Å². The molecule has 0 bridgehead atoms. The maximum atomic E-state index is 13.3. The third-order valence-corrected chi connectivity index (χ3v) is 12.5. The highest BCUT2D eigenvalue weighted by Crippen LogP contribution is 2.48. The van der Waals surface area contributed by atoms with Crippen LogP contribution in [0.25, 0.3) is 0 Å². The summed E-state index contributed by atoms with van der Waals surface area (Å²) in [7, 11) is -2.28. The van der Waals surface area contributed by atoms with E-state index in [1.165, 1.54) is 4.90 Å². The van der Waals surface area contributed by atoms with Crippen molar-refractivity contribution in [1.29, 1.82) is 0 Å². The Kier molecular flexibility index (Phi) is 6.63. The zero-order valence-electron chi connectivity index (χ0n) is 18.8. The summed E-state index contributed by atoms with van der Waals surface area (Å²) in [5.74, 6) is -0.489. The first kappa shape index (κ1) is 22.4. The lowest BCUT2D eigenvalue weighted by Crippen LogP contribution is -2.66. The second-order valence-corrected chi connectivity index (χ2v) is 14.5. The van der Waals surface area contributed by atoms with Crippen LogP contribution in [0.1, 0.15) is 63.5 Å². The fourth-order valence-corrected chi connectivity index (χ4v) is 10.6. The third kappa shape index (κ3) is 3.76. The quantitative estimate of drug-likeness (QED) is 0.313. The van der Waals surface area contributed by atoms with Gasteiger partial charge < -0.3 is 4.43 Å². The molecule has 1 aliphatic heterocycles. The van der Waals surface area contributed by atoms with Crippen molar-refractivity contribution in [2.24, 2.45) is 0 Å². The molecule has 4 nitrogen and oxygen atoms in total. The Morgan fingerprint density at radius 2 is 1.30 bits per heavy atom. The highest BCUT2D eigenvalue weighted by atomic mass is 28.4. The maximum absolute atomic E-state index is 13.3. The van der Waals surface area contributed by atoms with E-state index in [9.17, 15) is 9.59 Å². The van der Waals surface area contributed by atoms with Gasteiger partial charge in [-0.2, -0.15) is 0 Å². The van der Waals surface area contributed by atoms with Gasteiger partial charge in [-0.25, -0.2) is 0 Å². The van der Waals surface area contributed by atoms with E-state index in [0.29, 0.717) is 22.2 Å². The van der Waals surface area contributed by atoms with Crippen molar-refractivity contribution in [3.05, 3.63) is 71.8 Å². The molecule has 2 amide bonds. The summed E-state index contributed by atoms with van der Waals surface area (Å²) in [6.45, 7) is 13.2. The SMILES string of the molecule is CC(C)[Si](O[C@@H]1C(=O)N(C(=O)c2ccccc2)[C@H]1c1ccccc1)(C(C)C)C(C)C. The van der Waals surface area contributed by atoms with Crippen LogP contribution in [-0.2, 0) is 9.22 Å². The first-order chi connectivity index (χ1) is 14.2. The second-order valence-electron chi connectivity index (χ2n) is 9.09. The fraction of sp³-hybridized carbons (Fsp3) is 0.440. The van der Waals surface area contributed by atoms with Crippen molar-refractivity contribution in [1.82, 2.24) is 4.90 Å². The van der Waals surface area contributed by atoms with Gasteiger partial charge in [-0.3, -0.25) is 14.5 Å². The average molecular weight is 424 g/mol. The summed E-state index contributed by atoms with van der Waals surface area (Å²) in [6.07, 6.45) is -0.612. The number of hydrogen-bond donors (Lipinski definition) is 0. The zero-order chi connectivity index (χ0) is 22.1. The van der Waals surface area contributed by atoms with Crippen LogP contribution in [-0.4, -0.2) is 31.1 Å². The predicted octanol–water partition coefficient (Wildman–Crippen LogP) is 5.97. The molecule has 5 heteroatoms. The smallest absolute Gasteiger partial charge is 0.261 e. The van der Waals surface area contributed by atoms with Crippen LogP contribution in [0.5, 0.6) is 0 Å². The molecule has 1 aliphatic rings. The summed E-state index contributed by atoms with van der Waals surface area (Å²) in [6, 6.07) is 18.4. The number of imide groups is 1. The van der Waals surface area contributed by atoms with Gasteiger partial charge in [-0.05, 0) is 34.3 Å². The van der Waals surface area contributed by atoms with E-state index in [0.717, 1.165) is 5.56 Å². The number of carbonyl (C=O) groups excluding carboxylic acids is 2. The highest BCUT2D eigenvalue weighted by molar-refractivity contribution is 6.77. The molecule has 0 aliphatic carbocycles. The van der Waals surface area contributed by atoms with Gasteiger partial charge in [-0.15, -0.1) is 0 Å².